The maximum Gasteiger partial charge on any atom is 0.0721 e. The second-order valence-corrected chi connectivity index (χ2v) is 5.96. The van der Waals surface area contributed by atoms with Crippen molar-refractivity contribution in [3.63, 3.8) is 0 Å². The lowest BCUT2D eigenvalue weighted by atomic mass is 9.78. The standard InChI is InChI=1S/C20H28O/c1-3-5-15-21-16-18-9-13-20(14-10-18)19-11-7-17(6-4-2)8-12-19/h3-6,9-10,13-14,17,19H,7-8,11-12,15-16H2,1-2H3/b5-3+,6-4-/t17-,19-. The van der Waals surface area contributed by atoms with Crippen molar-refractivity contribution in [1.29, 1.82) is 0 Å². The van der Waals surface area contributed by atoms with Crippen LogP contribution in [-0.4, -0.2) is 6.61 Å². The Hall–Kier alpha value is -1.34. The molecule has 2 rings (SSSR count). The van der Waals surface area contributed by atoms with E-state index >= 15 is 0 Å². The van der Waals surface area contributed by atoms with Crippen LogP contribution in [0.2, 0.25) is 0 Å². The number of ether oxygens (including phenoxy) is 1. The van der Waals surface area contributed by atoms with Crippen molar-refractivity contribution in [2.24, 2.45) is 5.92 Å². The van der Waals surface area contributed by atoms with Crippen molar-refractivity contribution in [3.05, 3.63) is 59.7 Å². The molecule has 0 amide bonds. The fraction of sp³-hybridized carbons (Fsp3) is 0.500. The molecule has 0 spiro atoms. The van der Waals surface area contributed by atoms with Gasteiger partial charge in [0.2, 0.25) is 0 Å². The maximum atomic E-state index is 5.59. The van der Waals surface area contributed by atoms with Crippen LogP contribution in [0.15, 0.2) is 48.6 Å². The first-order chi connectivity index (χ1) is 10.3. The molecule has 114 valence electrons. The Labute approximate surface area is 129 Å². The van der Waals surface area contributed by atoms with Crippen LogP contribution in [0.5, 0.6) is 0 Å². The number of benzene rings is 1. The van der Waals surface area contributed by atoms with Crippen molar-refractivity contribution in [2.45, 2.75) is 52.1 Å². The third-order valence-corrected chi connectivity index (χ3v) is 4.41. The molecular formula is C20H28O. The molecule has 0 radical (unpaired) electrons. The molecule has 0 unspecified atom stereocenters. The lowest BCUT2D eigenvalue weighted by Gasteiger charge is -2.27. The van der Waals surface area contributed by atoms with Crippen molar-refractivity contribution < 1.29 is 4.74 Å². The molecule has 0 heterocycles. The molecule has 1 aromatic carbocycles. The van der Waals surface area contributed by atoms with E-state index in [4.69, 9.17) is 4.74 Å². The van der Waals surface area contributed by atoms with E-state index in [1.165, 1.54) is 36.8 Å². The van der Waals surface area contributed by atoms with Crippen LogP contribution >= 0.6 is 0 Å². The average Bonchev–Trinajstić information content (AvgIpc) is 2.53. The number of rotatable bonds is 6. The quantitative estimate of drug-likeness (QED) is 0.486. The van der Waals surface area contributed by atoms with Crippen LogP contribution in [0.3, 0.4) is 0 Å². The van der Waals surface area contributed by atoms with E-state index in [9.17, 15) is 0 Å². The van der Waals surface area contributed by atoms with E-state index in [1.54, 1.807) is 0 Å². The third-order valence-electron chi connectivity index (χ3n) is 4.41. The molecule has 21 heavy (non-hydrogen) atoms. The van der Waals surface area contributed by atoms with Gasteiger partial charge in [-0.05, 0) is 62.5 Å². The summed E-state index contributed by atoms with van der Waals surface area (Å²) < 4.78 is 5.59. The predicted molar refractivity (Wildman–Crippen MR) is 90.4 cm³/mol. The van der Waals surface area contributed by atoms with Gasteiger partial charge in [-0.15, -0.1) is 0 Å². The van der Waals surface area contributed by atoms with E-state index < -0.39 is 0 Å². The zero-order chi connectivity index (χ0) is 14.9. The monoisotopic (exact) mass is 284 g/mol. The highest BCUT2D eigenvalue weighted by atomic mass is 16.5. The highest BCUT2D eigenvalue weighted by Crippen LogP contribution is 2.36. The van der Waals surface area contributed by atoms with Gasteiger partial charge in [0.25, 0.3) is 0 Å². The zero-order valence-electron chi connectivity index (χ0n) is 13.4. The normalized spacial score (nSPS) is 23.1. The first-order valence-corrected chi connectivity index (χ1v) is 8.24. The molecule has 0 N–H and O–H groups in total. The first-order valence-electron chi connectivity index (χ1n) is 8.24. The van der Waals surface area contributed by atoms with Crippen LogP contribution in [0, 0.1) is 5.92 Å². The summed E-state index contributed by atoms with van der Waals surface area (Å²) in [4.78, 5) is 0. The summed E-state index contributed by atoms with van der Waals surface area (Å²) in [5.74, 6) is 1.56. The zero-order valence-corrected chi connectivity index (χ0v) is 13.4. The molecule has 1 saturated carbocycles. The van der Waals surface area contributed by atoms with E-state index in [1.807, 2.05) is 19.1 Å². The molecule has 0 aromatic heterocycles. The van der Waals surface area contributed by atoms with Crippen molar-refractivity contribution in [3.8, 4) is 0 Å². The summed E-state index contributed by atoms with van der Waals surface area (Å²) in [6.07, 6.45) is 14.0. The highest BCUT2D eigenvalue weighted by molar-refractivity contribution is 5.25. The number of hydrogen-bond donors (Lipinski definition) is 0. The summed E-state index contributed by atoms with van der Waals surface area (Å²) in [6.45, 7) is 5.55. The van der Waals surface area contributed by atoms with Crippen molar-refractivity contribution in [2.75, 3.05) is 6.61 Å². The number of allylic oxidation sites excluding steroid dienone is 3. The third kappa shape index (κ3) is 5.17. The Morgan fingerprint density at radius 2 is 1.71 bits per heavy atom. The van der Waals surface area contributed by atoms with Gasteiger partial charge >= 0.3 is 0 Å². The van der Waals surface area contributed by atoms with E-state index in [-0.39, 0.29) is 0 Å². The van der Waals surface area contributed by atoms with Gasteiger partial charge in [-0.3, -0.25) is 0 Å². The molecular weight excluding hydrogens is 256 g/mol. The molecule has 1 heteroatoms. The smallest absolute Gasteiger partial charge is 0.0721 e. The van der Waals surface area contributed by atoms with Gasteiger partial charge in [-0.25, -0.2) is 0 Å². The SMILES string of the molecule is C/C=C\[C@H]1CC[C@H](c2ccc(COC/C=C/C)cc2)CC1. The molecule has 0 aliphatic heterocycles. The minimum absolute atomic E-state index is 0.702. The molecule has 0 bridgehead atoms. The predicted octanol–water partition coefficient (Wildman–Crippen LogP) is 5.63. The Morgan fingerprint density at radius 3 is 2.33 bits per heavy atom. The molecule has 1 aliphatic rings. The summed E-state index contributed by atoms with van der Waals surface area (Å²) in [5.41, 5.74) is 2.77. The molecule has 1 aromatic rings. The highest BCUT2D eigenvalue weighted by Gasteiger charge is 2.20. The van der Waals surface area contributed by atoms with Crippen LogP contribution in [0.4, 0.5) is 0 Å². The van der Waals surface area contributed by atoms with Crippen LogP contribution in [0.25, 0.3) is 0 Å². The fourth-order valence-electron chi connectivity index (χ4n) is 3.14. The molecule has 1 nitrogen and oxygen atoms in total. The van der Waals surface area contributed by atoms with E-state index in [0.717, 1.165) is 11.8 Å². The lowest BCUT2D eigenvalue weighted by Crippen LogP contribution is -2.11. The summed E-state index contributed by atoms with van der Waals surface area (Å²) in [6, 6.07) is 9.05. The topological polar surface area (TPSA) is 9.23 Å². The second kappa shape index (κ2) is 8.84. The molecule has 0 saturated heterocycles. The summed E-state index contributed by atoms with van der Waals surface area (Å²) in [5, 5.41) is 0. The van der Waals surface area contributed by atoms with Crippen LogP contribution < -0.4 is 0 Å². The van der Waals surface area contributed by atoms with Crippen molar-refractivity contribution in [1.82, 2.24) is 0 Å². The lowest BCUT2D eigenvalue weighted by molar-refractivity contribution is 0.148. The Bertz CT molecular complexity index is 447. The van der Waals surface area contributed by atoms with Crippen LogP contribution in [-0.2, 0) is 11.3 Å². The van der Waals surface area contributed by atoms with Gasteiger partial charge in [-0.2, -0.15) is 0 Å². The second-order valence-electron chi connectivity index (χ2n) is 5.96. The maximum absolute atomic E-state index is 5.59. The number of hydrogen-bond acceptors (Lipinski definition) is 1. The van der Waals surface area contributed by atoms with Gasteiger partial charge in [-0.1, -0.05) is 48.6 Å². The Kier molecular flexibility index (Phi) is 6.75. The van der Waals surface area contributed by atoms with Gasteiger partial charge in [0.05, 0.1) is 13.2 Å². The molecule has 1 aliphatic carbocycles. The molecule has 1 fully saturated rings. The van der Waals surface area contributed by atoms with E-state index in [2.05, 4.69) is 43.3 Å². The Morgan fingerprint density at radius 1 is 1.00 bits per heavy atom. The minimum atomic E-state index is 0.702. The van der Waals surface area contributed by atoms with Crippen LogP contribution in [0.1, 0.15) is 56.6 Å². The van der Waals surface area contributed by atoms with Gasteiger partial charge in [0.1, 0.15) is 0 Å². The Balaban J connectivity index is 1.82. The largest absolute Gasteiger partial charge is 0.373 e. The van der Waals surface area contributed by atoms with Gasteiger partial charge in [0, 0.05) is 0 Å². The fourth-order valence-corrected chi connectivity index (χ4v) is 3.14. The first kappa shape index (κ1) is 16.0. The summed E-state index contributed by atoms with van der Waals surface area (Å²) in [7, 11) is 0. The molecule has 0 atom stereocenters. The van der Waals surface area contributed by atoms with E-state index in [0.29, 0.717) is 13.2 Å². The van der Waals surface area contributed by atoms with Crippen molar-refractivity contribution >= 4 is 0 Å². The van der Waals surface area contributed by atoms with Gasteiger partial charge in [0.15, 0.2) is 0 Å². The average molecular weight is 284 g/mol. The summed E-state index contributed by atoms with van der Waals surface area (Å²) >= 11 is 0. The minimum Gasteiger partial charge on any atom is -0.373 e. The van der Waals surface area contributed by atoms with Gasteiger partial charge < -0.3 is 4.74 Å².